The zero-order chi connectivity index (χ0) is 13.1. The van der Waals surface area contributed by atoms with Crippen LogP contribution in [-0.4, -0.2) is 0 Å². The lowest BCUT2D eigenvalue weighted by Gasteiger charge is -2.25. The minimum Gasteiger partial charge on any atom is -0.0832 e. The van der Waals surface area contributed by atoms with Crippen LogP contribution in [0.5, 0.6) is 0 Å². The molecule has 0 saturated heterocycles. The summed E-state index contributed by atoms with van der Waals surface area (Å²) in [5.74, 6) is 0.461. The van der Waals surface area contributed by atoms with E-state index < -0.39 is 0 Å². The van der Waals surface area contributed by atoms with E-state index in [1.807, 2.05) is 0 Å². The van der Waals surface area contributed by atoms with Crippen molar-refractivity contribution in [3.8, 4) is 0 Å². The predicted octanol–water partition coefficient (Wildman–Crippen LogP) is 4.26. The van der Waals surface area contributed by atoms with Crippen molar-refractivity contribution >= 4 is 27.6 Å². The Morgan fingerprint density at radius 2 is 1.75 bits per heavy atom. The van der Waals surface area contributed by atoms with E-state index in [0.717, 1.165) is 6.42 Å². The molecular weight excluding hydrogens is 240 g/mol. The van der Waals surface area contributed by atoms with Crippen molar-refractivity contribution < 1.29 is 0 Å². The molecule has 2 aliphatic carbocycles. The monoisotopic (exact) mass is 254 g/mol. The summed E-state index contributed by atoms with van der Waals surface area (Å²) < 4.78 is 0. The van der Waals surface area contributed by atoms with Crippen LogP contribution >= 0.6 is 0 Å². The lowest BCUT2D eigenvalue weighted by molar-refractivity contribution is 0.985. The first-order valence-electron chi connectivity index (χ1n) is 7.24. The van der Waals surface area contributed by atoms with Crippen molar-refractivity contribution in [1.29, 1.82) is 0 Å². The summed E-state index contributed by atoms with van der Waals surface area (Å²) in [7, 11) is 0. The zero-order valence-electron chi connectivity index (χ0n) is 11.1. The highest BCUT2D eigenvalue weighted by molar-refractivity contribution is 6.12. The number of fused-ring (bicyclic) bond motifs is 2. The van der Waals surface area contributed by atoms with Gasteiger partial charge in [-0.3, -0.25) is 0 Å². The Bertz CT molecular complexity index is 965. The molecular formula is C20H14. The molecule has 0 aliphatic heterocycles. The van der Waals surface area contributed by atoms with E-state index in [1.54, 1.807) is 0 Å². The van der Waals surface area contributed by atoms with Crippen LogP contribution in [0, 0.1) is 0 Å². The molecule has 1 unspecified atom stereocenters. The second kappa shape index (κ2) is 3.61. The quantitative estimate of drug-likeness (QED) is 0.526. The van der Waals surface area contributed by atoms with Gasteiger partial charge >= 0.3 is 0 Å². The number of benzene rings is 3. The fourth-order valence-corrected chi connectivity index (χ4v) is 3.91. The second-order valence-electron chi connectivity index (χ2n) is 5.72. The minimum absolute atomic E-state index is 0.461. The van der Waals surface area contributed by atoms with E-state index in [2.05, 4.69) is 66.8 Å². The average molecular weight is 254 g/mol. The van der Waals surface area contributed by atoms with Crippen LogP contribution in [0.25, 0.3) is 27.6 Å². The summed E-state index contributed by atoms with van der Waals surface area (Å²) in [5, 5.41) is 7.06. The number of allylic oxidation sites excluding steroid dienone is 4. The van der Waals surface area contributed by atoms with Crippen LogP contribution in [0.1, 0.15) is 17.0 Å². The van der Waals surface area contributed by atoms with Gasteiger partial charge in [-0.2, -0.15) is 0 Å². The summed E-state index contributed by atoms with van der Waals surface area (Å²) in [4.78, 5) is 0. The first-order valence-corrected chi connectivity index (χ1v) is 7.24. The highest BCUT2D eigenvalue weighted by Crippen LogP contribution is 2.36. The van der Waals surface area contributed by atoms with Gasteiger partial charge < -0.3 is 0 Å². The Kier molecular flexibility index (Phi) is 1.88. The largest absolute Gasteiger partial charge is 0.0832 e. The maximum Gasteiger partial charge on any atom is 0.0211 e. The number of hydrogen-bond donors (Lipinski definition) is 0. The van der Waals surface area contributed by atoms with Gasteiger partial charge in [0.15, 0.2) is 0 Å². The normalized spacial score (nSPS) is 19.3. The molecule has 0 nitrogen and oxygen atoms in total. The van der Waals surface area contributed by atoms with Gasteiger partial charge in [-0.25, -0.2) is 0 Å². The SMILES string of the molecule is C1=CC2C=CCc3c2c(c2cccc4cccc3c42)=C1. The van der Waals surface area contributed by atoms with Crippen molar-refractivity contribution in [1.82, 2.24) is 0 Å². The second-order valence-corrected chi connectivity index (χ2v) is 5.72. The molecule has 1 atom stereocenters. The molecule has 0 bridgehead atoms. The molecule has 0 radical (unpaired) electrons. The van der Waals surface area contributed by atoms with E-state index >= 15 is 0 Å². The van der Waals surface area contributed by atoms with E-state index in [-0.39, 0.29) is 0 Å². The molecule has 3 aromatic rings. The van der Waals surface area contributed by atoms with Gasteiger partial charge in [0.25, 0.3) is 0 Å². The number of rotatable bonds is 0. The Balaban J connectivity index is 2.16. The van der Waals surface area contributed by atoms with Crippen molar-refractivity contribution in [2.75, 3.05) is 0 Å². The highest BCUT2D eigenvalue weighted by Gasteiger charge is 2.21. The van der Waals surface area contributed by atoms with Crippen molar-refractivity contribution in [2.45, 2.75) is 12.3 Å². The summed E-state index contributed by atoms with van der Waals surface area (Å²) in [6.45, 7) is 0. The molecule has 0 amide bonds. The van der Waals surface area contributed by atoms with Crippen LogP contribution in [-0.2, 0) is 6.42 Å². The fourth-order valence-electron chi connectivity index (χ4n) is 3.91. The average Bonchev–Trinajstić information content (AvgIpc) is 2.52. The summed E-state index contributed by atoms with van der Waals surface area (Å²) in [5.41, 5.74) is 3.05. The maximum atomic E-state index is 2.34. The molecule has 2 aliphatic rings. The van der Waals surface area contributed by atoms with Crippen LogP contribution in [0.15, 0.2) is 60.7 Å². The van der Waals surface area contributed by atoms with Gasteiger partial charge in [-0.05, 0) is 44.3 Å². The molecule has 0 heterocycles. The molecule has 0 aromatic heterocycles. The first kappa shape index (κ1) is 10.4. The van der Waals surface area contributed by atoms with E-state index in [0.29, 0.717) is 5.92 Å². The Morgan fingerprint density at radius 1 is 0.900 bits per heavy atom. The molecule has 0 spiro atoms. The molecule has 0 N–H and O–H groups in total. The van der Waals surface area contributed by atoms with Crippen molar-refractivity contribution in [3.63, 3.8) is 0 Å². The lowest BCUT2D eigenvalue weighted by atomic mass is 9.79. The molecule has 94 valence electrons. The molecule has 5 rings (SSSR count). The zero-order valence-corrected chi connectivity index (χ0v) is 11.1. The van der Waals surface area contributed by atoms with E-state index in [9.17, 15) is 0 Å². The lowest BCUT2D eigenvalue weighted by Crippen LogP contribution is -2.20. The van der Waals surface area contributed by atoms with Gasteiger partial charge in [-0.15, -0.1) is 0 Å². The standard InChI is InChI=1S/C20H14/c1-5-13-6-2-11-17-18-12-4-8-14-7-3-10-16(20(14)18)15(9-1)19(13)17/h1-11,14H,12H2. The van der Waals surface area contributed by atoms with Crippen LogP contribution < -0.4 is 5.22 Å². The van der Waals surface area contributed by atoms with Gasteiger partial charge in [0.2, 0.25) is 0 Å². The van der Waals surface area contributed by atoms with Gasteiger partial charge in [-0.1, -0.05) is 66.8 Å². The third-order valence-corrected chi connectivity index (χ3v) is 4.72. The van der Waals surface area contributed by atoms with Crippen LogP contribution in [0.3, 0.4) is 0 Å². The van der Waals surface area contributed by atoms with Crippen LogP contribution in [0.2, 0.25) is 0 Å². The highest BCUT2D eigenvalue weighted by atomic mass is 14.2. The van der Waals surface area contributed by atoms with Gasteiger partial charge in [0.05, 0.1) is 0 Å². The Hall–Kier alpha value is -2.34. The molecule has 0 fully saturated rings. The Morgan fingerprint density at radius 3 is 2.65 bits per heavy atom. The summed E-state index contributed by atoms with van der Waals surface area (Å²) in [6, 6.07) is 13.4. The van der Waals surface area contributed by atoms with E-state index in [4.69, 9.17) is 0 Å². The summed E-state index contributed by atoms with van der Waals surface area (Å²) >= 11 is 0. The third kappa shape index (κ3) is 1.17. The van der Waals surface area contributed by atoms with Gasteiger partial charge in [0, 0.05) is 5.92 Å². The molecule has 0 heteroatoms. The minimum atomic E-state index is 0.461. The smallest absolute Gasteiger partial charge is 0.0211 e. The Labute approximate surface area is 117 Å². The third-order valence-electron chi connectivity index (χ3n) is 4.72. The topological polar surface area (TPSA) is 0 Å². The molecule has 3 aromatic carbocycles. The van der Waals surface area contributed by atoms with E-state index in [1.165, 1.54) is 37.9 Å². The first-order chi connectivity index (χ1) is 9.93. The molecule has 20 heavy (non-hydrogen) atoms. The van der Waals surface area contributed by atoms with Gasteiger partial charge in [0.1, 0.15) is 0 Å². The maximum absolute atomic E-state index is 2.34. The summed E-state index contributed by atoms with van der Waals surface area (Å²) in [6.07, 6.45) is 12.5. The number of hydrogen-bond acceptors (Lipinski definition) is 0. The predicted molar refractivity (Wildman–Crippen MR) is 85.9 cm³/mol. The fraction of sp³-hybridized carbons (Fsp3) is 0.100. The van der Waals surface area contributed by atoms with Crippen molar-refractivity contribution in [2.24, 2.45) is 0 Å². The van der Waals surface area contributed by atoms with Crippen LogP contribution in [0.4, 0.5) is 0 Å². The van der Waals surface area contributed by atoms with Crippen molar-refractivity contribution in [3.05, 3.63) is 77.0 Å². The molecule has 0 saturated carbocycles.